The van der Waals surface area contributed by atoms with E-state index in [4.69, 9.17) is 0 Å². The number of fused-ring (bicyclic) bond motifs is 3. The Morgan fingerprint density at radius 2 is 2.46 bits per heavy atom. The molecule has 1 saturated heterocycles. The SMILES string of the molecule is O=C1c2cccnc2C2CCCN12. The fraction of sp³-hybridized carbons (Fsp3) is 0.400. The molecular weight excluding hydrogens is 164 g/mol. The first-order valence-corrected chi connectivity index (χ1v) is 4.64. The van der Waals surface area contributed by atoms with Crippen molar-refractivity contribution in [2.45, 2.75) is 18.9 Å². The zero-order valence-corrected chi connectivity index (χ0v) is 7.23. The highest BCUT2D eigenvalue weighted by molar-refractivity contribution is 5.98. The minimum absolute atomic E-state index is 0.172. The Labute approximate surface area is 76.4 Å². The second-order valence-corrected chi connectivity index (χ2v) is 3.59. The molecule has 1 fully saturated rings. The molecule has 1 amide bonds. The number of nitrogens with zero attached hydrogens (tertiary/aromatic N) is 2. The van der Waals surface area contributed by atoms with Crippen LogP contribution in [-0.4, -0.2) is 22.3 Å². The van der Waals surface area contributed by atoms with Crippen molar-refractivity contribution in [2.24, 2.45) is 0 Å². The second-order valence-electron chi connectivity index (χ2n) is 3.59. The highest BCUT2D eigenvalue weighted by atomic mass is 16.2. The molecule has 3 heterocycles. The summed E-state index contributed by atoms with van der Waals surface area (Å²) in [6, 6.07) is 3.99. The van der Waals surface area contributed by atoms with Crippen molar-refractivity contribution in [3.63, 3.8) is 0 Å². The monoisotopic (exact) mass is 174 g/mol. The Bertz CT molecular complexity index is 375. The predicted molar refractivity (Wildman–Crippen MR) is 47.2 cm³/mol. The molecule has 1 atom stereocenters. The summed E-state index contributed by atoms with van der Waals surface area (Å²) in [5.74, 6) is 0.172. The molecule has 3 rings (SSSR count). The third kappa shape index (κ3) is 0.789. The molecule has 1 aromatic heterocycles. The highest BCUT2D eigenvalue weighted by Crippen LogP contribution is 2.39. The largest absolute Gasteiger partial charge is 0.330 e. The molecule has 0 aromatic carbocycles. The number of carbonyl (C=O) groups excluding carboxylic acids is 1. The van der Waals surface area contributed by atoms with Crippen LogP contribution in [0.4, 0.5) is 0 Å². The smallest absolute Gasteiger partial charge is 0.256 e. The molecule has 0 bridgehead atoms. The fourth-order valence-electron chi connectivity index (χ4n) is 2.31. The summed E-state index contributed by atoms with van der Waals surface area (Å²) in [5.41, 5.74) is 1.80. The Kier molecular flexibility index (Phi) is 1.26. The molecule has 1 aromatic rings. The number of hydrogen-bond acceptors (Lipinski definition) is 2. The van der Waals surface area contributed by atoms with Crippen molar-refractivity contribution in [1.29, 1.82) is 0 Å². The summed E-state index contributed by atoms with van der Waals surface area (Å²) in [6.07, 6.45) is 3.97. The van der Waals surface area contributed by atoms with E-state index in [1.165, 1.54) is 0 Å². The summed E-state index contributed by atoms with van der Waals surface area (Å²) in [6.45, 7) is 0.903. The number of rotatable bonds is 0. The summed E-state index contributed by atoms with van der Waals surface area (Å²) in [7, 11) is 0. The predicted octanol–water partition coefficient (Wildman–Crippen LogP) is 1.37. The van der Waals surface area contributed by atoms with Crippen LogP contribution in [0.3, 0.4) is 0 Å². The lowest BCUT2D eigenvalue weighted by Crippen LogP contribution is -2.22. The third-order valence-corrected chi connectivity index (χ3v) is 2.90. The summed E-state index contributed by atoms with van der Waals surface area (Å²) >= 11 is 0. The Morgan fingerprint density at radius 3 is 3.38 bits per heavy atom. The average Bonchev–Trinajstić information content (AvgIpc) is 2.72. The van der Waals surface area contributed by atoms with Gasteiger partial charge in [-0.1, -0.05) is 0 Å². The third-order valence-electron chi connectivity index (χ3n) is 2.90. The number of hydrogen-bond donors (Lipinski definition) is 0. The van der Waals surface area contributed by atoms with Crippen LogP contribution in [0.1, 0.15) is 34.9 Å². The number of aromatic nitrogens is 1. The van der Waals surface area contributed by atoms with Crippen molar-refractivity contribution < 1.29 is 4.79 Å². The average molecular weight is 174 g/mol. The van der Waals surface area contributed by atoms with Gasteiger partial charge in [0.2, 0.25) is 0 Å². The summed E-state index contributed by atoms with van der Waals surface area (Å²) < 4.78 is 0. The van der Waals surface area contributed by atoms with Crippen LogP contribution in [0.25, 0.3) is 0 Å². The summed E-state index contributed by atoms with van der Waals surface area (Å²) in [5, 5.41) is 0. The van der Waals surface area contributed by atoms with Gasteiger partial charge in [0.15, 0.2) is 0 Å². The van der Waals surface area contributed by atoms with E-state index in [1.54, 1.807) is 6.20 Å². The van der Waals surface area contributed by atoms with E-state index in [0.29, 0.717) is 0 Å². The van der Waals surface area contributed by atoms with E-state index < -0.39 is 0 Å². The standard InChI is InChI=1S/C10H10N2O/c13-10-7-3-1-5-11-9(7)8-4-2-6-12(8)10/h1,3,5,8H,2,4,6H2. The molecule has 3 heteroatoms. The van der Waals surface area contributed by atoms with Gasteiger partial charge in [0.05, 0.1) is 17.3 Å². The van der Waals surface area contributed by atoms with Crippen LogP contribution < -0.4 is 0 Å². The van der Waals surface area contributed by atoms with E-state index >= 15 is 0 Å². The zero-order chi connectivity index (χ0) is 8.84. The topological polar surface area (TPSA) is 33.2 Å². The van der Waals surface area contributed by atoms with Crippen LogP contribution in [0, 0.1) is 0 Å². The zero-order valence-electron chi connectivity index (χ0n) is 7.23. The van der Waals surface area contributed by atoms with Gasteiger partial charge >= 0.3 is 0 Å². The first-order valence-electron chi connectivity index (χ1n) is 4.64. The van der Waals surface area contributed by atoms with E-state index in [2.05, 4.69) is 4.98 Å². The maximum absolute atomic E-state index is 11.8. The van der Waals surface area contributed by atoms with E-state index in [9.17, 15) is 4.79 Å². The molecule has 0 N–H and O–H groups in total. The van der Waals surface area contributed by atoms with E-state index in [-0.39, 0.29) is 11.9 Å². The first-order chi connectivity index (χ1) is 6.38. The van der Waals surface area contributed by atoms with Crippen LogP contribution in [0.2, 0.25) is 0 Å². The van der Waals surface area contributed by atoms with Crippen LogP contribution in [0.15, 0.2) is 18.3 Å². The minimum atomic E-state index is 0.172. The van der Waals surface area contributed by atoms with Gasteiger partial charge in [-0.25, -0.2) is 0 Å². The number of pyridine rings is 1. The minimum Gasteiger partial charge on any atom is -0.330 e. The molecule has 0 saturated carbocycles. The van der Waals surface area contributed by atoms with Gasteiger partial charge in [0.1, 0.15) is 0 Å². The molecule has 13 heavy (non-hydrogen) atoms. The van der Waals surface area contributed by atoms with Crippen molar-refractivity contribution >= 4 is 5.91 Å². The van der Waals surface area contributed by atoms with Gasteiger partial charge in [-0.05, 0) is 25.0 Å². The molecule has 66 valence electrons. The molecule has 2 aliphatic heterocycles. The van der Waals surface area contributed by atoms with Crippen molar-refractivity contribution in [2.75, 3.05) is 6.54 Å². The van der Waals surface area contributed by atoms with Gasteiger partial charge in [0.25, 0.3) is 5.91 Å². The van der Waals surface area contributed by atoms with Gasteiger partial charge in [-0.15, -0.1) is 0 Å². The number of carbonyl (C=O) groups is 1. The first kappa shape index (κ1) is 7.06. The lowest BCUT2D eigenvalue weighted by Gasteiger charge is -2.13. The molecule has 0 radical (unpaired) electrons. The van der Waals surface area contributed by atoms with E-state index in [0.717, 1.165) is 30.6 Å². The molecule has 0 aliphatic carbocycles. The van der Waals surface area contributed by atoms with Gasteiger partial charge in [-0.2, -0.15) is 0 Å². The quantitative estimate of drug-likeness (QED) is 0.595. The molecule has 0 spiro atoms. The van der Waals surface area contributed by atoms with Crippen molar-refractivity contribution in [1.82, 2.24) is 9.88 Å². The molecule has 3 nitrogen and oxygen atoms in total. The van der Waals surface area contributed by atoms with E-state index in [1.807, 2.05) is 17.0 Å². The van der Waals surface area contributed by atoms with Crippen LogP contribution in [-0.2, 0) is 0 Å². The van der Waals surface area contributed by atoms with Crippen LogP contribution in [0.5, 0.6) is 0 Å². The lowest BCUT2D eigenvalue weighted by atomic mass is 10.1. The fourth-order valence-corrected chi connectivity index (χ4v) is 2.31. The molecule has 1 unspecified atom stereocenters. The Hall–Kier alpha value is -1.38. The summed E-state index contributed by atoms with van der Waals surface area (Å²) in [4.78, 5) is 18.0. The molecule has 2 aliphatic rings. The second kappa shape index (κ2) is 2.31. The maximum Gasteiger partial charge on any atom is 0.256 e. The van der Waals surface area contributed by atoms with Crippen LogP contribution >= 0.6 is 0 Å². The van der Waals surface area contributed by atoms with Gasteiger partial charge < -0.3 is 4.90 Å². The Morgan fingerprint density at radius 1 is 1.54 bits per heavy atom. The number of amides is 1. The maximum atomic E-state index is 11.8. The normalized spacial score (nSPS) is 24.8. The van der Waals surface area contributed by atoms with Gasteiger partial charge in [0, 0.05) is 12.7 Å². The Balaban J connectivity index is 2.19. The molecular formula is C10H10N2O. The van der Waals surface area contributed by atoms with Crippen molar-refractivity contribution in [3.05, 3.63) is 29.6 Å². The van der Waals surface area contributed by atoms with Crippen molar-refractivity contribution in [3.8, 4) is 0 Å². The highest BCUT2D eigenvalue weighted by Gasteiger charge is 2.40. The lowest BCUT2D eigenvalue weighted by molar-refractivity contribution is 0.0775. The van der Waals surface area contributed by atoms with Gasteiger partial charge in [-0.3, -0.25) is 9.78 Å².